The average molecular weight is 327 g/mol. The fourth-order valence-corrected chi connectivity index (χ4v) is 2.87. The lowest BCUT2D eigenvalue weighted by Gasteiger charge is -2.32. The van der Waals surface area contributed by atoms with E-state index in [1.807, 2.05) is 49.4 Å². The van der Waals surface area contributed by atoms with E-state index < -0.39 is 0 Å². The number of hydrogen-bond donors (Lipinski definition) is 1. The van der Waals surface area contributed by atoms with E-state index in [0.29, 0.717) is 19.8 Å². The molecule has 0 amide bonds. The van der Waals surface area contributed by atoms with Gasteiger partial charge in [0.05, 0.1) is 13.2 Å². The lowest BCUT2D eigenvalue weighted by Crippen LogP contribution is -2.43. The largest absolute Gasteiger partial charge is 0.483 e. The van der Waals surface area contributed by atoms with Crippen LogP contribution in [0.2, 0.25) is 0 Å². The van der Waals surface area contributed by atoms with E-state index in [4.69, 9.17) is 14.2 Å². The molecule has 1 aliphatic heterocycles. The van der Waals surface area contributed by atoms with Crippen LogP contribution in [0.1, 0.15) is 24.2 Å². The van der Waals surface area contributed by atoms with E-state index in [9.17, 15) is 0 Å². The number of para-hydroxylation sites is 1. The summed E-state index contributed by atoms with van der Waals surface area (Å²) in [7, 11) is 0. The fourth-order valence-electron chi connectivity index (χ4n) is 2.87. The van der Waals surface area contributed by atoms with Gasteiger partial charge in [-0.25, -0.2) is 0 Å². The van der Waals surface area contributed by atoms with Gasteiger partial charge in [-0.2, -0.15) is 0 Å². The molecule has 0 saturated carbocycles. The third-order valence-electron chi connectivity index (χ3n) is 4.11. The van der Waals surface area contributed by atoms with E-state index in [-0.39, 0.29) is 12.2 Å². The summed E-state index contributed by atoms with van der Waals surface area (Å²) in [5, 5.41) is 3.39. The van der Waals surface area contributed by atoms with Crippen molar-refractivity contribution in [1.82, 2.24) is 5.32 Å². The fraction of sp³-hybridized carbons (Fsp3) is 0.400. The standard InChI is InChI=1S/C20H25NO3/c1-2-22-15-17-10-6-7-11-18(17)24-20(16-8-4-3-5-9-16)19-14-21-12-13-23-19/h3-11,19-21H,2,12-15H2,1H3. The van der Waals surface area contributed by atoms with Crippen molar-refractivity contribution in [2.75, 3.05) is 26.3 Å². The average Bonchev–Trinajstić information content (AvgIpc) is 2.66. The van der Waals surface area contributed by atoms with Crippen LogP contribution in [0.4, 0.5) is 0 Å². The molecular formula is C20H25NO3. The molecule has 2 atom stereocenters. The molecule has 24 heavy (non-hydrogen) atoms. The van der Waals surface area contributed by atoms with Crippen molar-refractivity contribution >= 4 is 0 Å². The second kappa shape index (κ2) is 8.83. The molecule has 1 saturated heterocycles. The molecular weight excluding hydrogens is 302 g/mol. The molecule has 0 spiro atoms. The summed E-state index contributed by atoms with van der Waals surface area (Å²) in [6.45, 7) is 5.62. The molecule has 0 radical (unpaired) electrons. The Balaban J connectivity index is 1.84. The maximum Gasteiger partial charge on any atom is 0.151 e. The predicted molar refractivity (Wildman–Crippen MR) is 94.2 cm³/mol. The first-order chi connectivity index (χ1) is 11.9. The van der Waals surface area contributed by atoms with Crippen LogP contribution >= 0.6 is 0 Å². The van der Waals surface area contributed by atoms with Crippen molar-refractivity contribution in [2.24, 2.45) is 0 Å². The third-order valence-corrected chi connectivity index (χ3v) is 4.11. The second-order valence-corrected chi connectivity index (χ2v) is 5.81. The number of rotatable bonds is 7. The minimum Gasteiger partial charge on any atom is -0.483 e. The van der Waals surface area contributed by atoms with Gasteiger partial charge in [-0.1, -0.05) is 48.5 Å². The predicted octanol–water partition coefficient (Wildman–Crippen LogP) is 3.33. The van der Waals surface area contributed by atoms with E-state index in [0.717, 1.165) is 30.0 Å². The Hall–Kier alpha value is -1.88. The van der Waals surface area contributed by atoms with Crippen LogP contribution in [0.5, 0.6) is 5.75 Å². The molecule has 2 aromatic rings. The maximum atomic E-state index is 6.42. The molecule has 128 valence electrons. The molecule has 4 heteroatoms. The first kappa shape index (κ1) is 17.0. The molecule has 1 fully saturated rings. The first-order valence-corrected chi connectivity index (χ1v) is 8.58. The van der Waals surface area contributed by atoms with Gasteiger partial charge in [-0.3, -0.25) is 0 Å². The monoisotopic (exact) mass is 327 g/mol. The molecule has 2 unspecified atom stereocenters. The Kier molecular flexibility index (Phi) is 6.24. The molecule has 1 heterocycles. The number of ether oxygens (including phenoxy) is 3. The van der Waals surface area contributed by atoms with E-state index >= 15 is 0 Å². The Bertz CT molecular complexity index is 611. The van der Waals surface area contributed by atoms with Crippen LogP contribution in [0.15, 0.2) is 54.6 Å². The lowest BCUT2D eigenvalue weighted by molar-refractivity contribution is -0.0439. The van der Waals surface area contributed by atoms with Crippen molar-refractivity contribution in [3.05, 3.63) is 65.7 Å². The molecule has 3 rings (SSSR count). The van der Waals surface area contributed by atoms with Crippen molar-refractivity contribution in [2.45, 2.75) is 25.7 Å². The van der Waals surface area contributed by atoms with Crippen molar-refractivity contribution in [3.8, 4) is 5.75 Å². The smallest absolute Gasteiger partial charge is 0.151 e. The zero-order chi connectivity index (χ0) is 16.6. The maximum absolute atomic E-state index is 6.42. The first-order valence-electron chi connectivity index (χ1n) is 8.58. The number of hydrogen-bond acceptors (Lipinski definition) is 4. The highest BCUT2D eigenvalue weighted by Crippen LogP contribution is 2.30. The van der Waals surface area contributed by atoms with Gasteiger partial charge in [-0.15, -0.1) is 0 Å². The lowest BCUT2D eigenvalue weighted by atomic mass is 10.0. The topological polar surface area (TPSA) is 39.7 Å². The molecule has 0 bridgehead atoms. The summed E-state index contributed by atoms with van der Waals surface area (Å²) in [4.78, 5) is 0. The molecule has 0 aromatic heterocycles. The molecule has 2 aromatic carbocycles. The van der Waals surface area contributed by atoms with Gasteiger partial charge < -0.3 is 19.5 Å². The van der Waals surface area contributed by atoms with Crippen LogP contribution in [0.3, 0.4) is 0 Å². The summed E-state index contributed by atoms with van der Waals surface area (Å²) in [5.74, 6) is 0.856. The SMILES string of the molecule is CCOCc1ccccc1OC(c1ccccc1)C1CNCCO1. The number of benzene rings is 2. The minimum atomic E-state index is -0.151. The van der Waals surface area contributed by atoms with Gasteiger partial charge in [-0.05, 0) is 18.6 Å². The summed E-state index contributed by atoms with van der Waals surface area (Å²) >= 11 is 0. The summed E-state index contributed by atoms with van der Waals surface area (Å²) in [6, 6.07) is 18.3. The molecule has 1 aliphatic rings. The van der Waals surface area contributed by atoms with Crippen molar-refractivity contribution in [1.29, 1.82) is 0 Å². The number of morpholine rings is 1. The normalized spacial score (nSPS) is 19.0. The van der Waals surface area contributed by atoms with Crippen LogP contribution in [-0.2, 0) is 16.1 Å². The summed E-state index contributed by atoms with van der Waals surface area (Å²) in [6.07, 6.45) is -0.164. The van der Waals surface area contributed by atoms with E-state index in [1.165, 1.54) is 0 Å². The molecule has 4 nitrogen and oxygen atoms in total. The van der Waals surface area contributed by atoms with Crippen molar-refractivity contribution in [3.63, 3.8) is 0 Å². The Labute approximate surface area is 143 Å². The zero-order valence-electron chi connectivity index (χ0n) is 14.1. The highest BCUT2D eigenvalue weighted by Gasteiger charge is 2.28. The summed E-state index contributed by atoms with van der Waals surface area (Å²) in [5.41, 5.74) is 2.18. The van der Waals surface area contributed by atoms with Gasteiger partial charge in [0.2, 0.25) is 0 Å². The molecule has 0 aliphatic carbocycles. The Morgan fingerprint density at radius 2 is 1.92 bits per heavy atom. The highest BCUT2D eigenvalue weighted by molar-refractivity contribution is 5.34. The number of nitrogens with one attached hydrogen (secondary N) is 1. The highest BCUT2D eigenvalue weighted by atomic mass is 16.5. The summed E-state index contributed by atoms with van der Waals surface area (Å²) < 4.78 is 18.0. The van der Waals surface area contributed by atoms with Gasteiger partial charge >= 0.3 is 0 Å². The third kappa shape index (κ3) is 4.35. The van der Waals surface area contributed by atoms with Crippen LogP contribution < -0.4 is 10.1 Å². The second-order valence-electron chi connectivity index (χ2n) is 5.81. The minimum absolute atomic E-state index is 0.0127. The quantitative estimate of drug-likeness (QED) is 0.847. The van der Waals surface area contributed by atoms with Gasteiger partial charge in [0.25, 0.3) is 0 Å². The zero-order valence-corrected chi connectivity index (χ0v) is 14.1. The van der Waals surface area contributed by atoms with Crippen LogP contribution in [0, 0.1) is 0 Å². The van der Waals surface area contributed by atoms with E-state index in [1.54, 1.807) is 0 Å². The van der Waals surface area contributed by atoms with Gasteiger partial charge in [0.1, 0.15) is 11.9 Å². The van der Waals surface area contributed by atoms with Gasteiger partial charge in [0.15, 0.2) is 6.10 Å². The van der Waals surface area contributed by atoms with Crippen molar-refractivity contribution < 1.29 is 14.2 Å². The van der Waals surface area contributed by atoms with Gasteiger partial charge in [0, 0.05) is 25.3 Å². The van der Waals surface area contributed by atoms with Crippen LogP contribution in [-0.4, -0.2) is 32.4 Å². The Morgan fingerprint density at radius 1 is 1.12 bits per heavy atom. The Morgan fingerprint density at radius 3 is 2.67 bits per heavy atom. The van der Waals surface area contributed by atoms with E-state index in [2.05, 4.69) is 17.4 Å². The molecule has 1 N–H and O–H groups in total. The van der Waals surface area contributed by atoms with Crippen LogP contribution in [0.25, 0.3) is 0 Å².